The summed E-state index contributed by atoms with van der Waals surface area (Å²) >= 11 is 9.18. The number of hydrogen-bond donors (Lipinski definition) is 1. The monoisotopic (exact) mass is 357 g/mol. The lowest BCUT2D eigenvalue weighted by Crippen LogP contribution is -2.17. The van der Waals surface area contributed by atoms with Crippen LogP contribution in [0.15, 0.2) is 40.9 Å². The predicted molar refractivity (Wildman–Crippen MR) is 83.0 cm³/mol. The van der Waals surface area contributed by atoms with E-state index in [1.54, 1.807) is 18.2 Å². The minimum atomic E-state index is -0.565. The minimum absolute atomic E-state index is 0.0372. The average molecular weight is 359 g/mol. The maximum atomic E-state index is 13.8. The number of ether oxygens (including phenoxy) is 1. The van der Waals surface area contributed by atoms with Crippen molar-refractivity contribution in [2.45, 2.75) is 19.4 Å². The van der Waals surface area contributed by atoms with Gasteiger partial charge in [-0.3, -0.25) is 0 Å². The first-order valence-corrected chi connectivity index (χ1v) is 7.30. The fraction of sp³-hybridized carbons (Fsp3) is 0.200. The normalized spacial score (nSPS) is 12.2. The third-order valence-electron chi connectivity index (χ3n) is 2.71. The molecule has 106 valence electrons. The van der Waals surface area contributed by atoms with Gasteiger partial charge in [0.1, 0.15) is 5.75 Å². The summed E-state index contributed by atoms with van der Waals surface area (Å²) in [5, 5.41) is 0.0372. The van der Waals surface area contributed by atoms with E-state index in [-0.39, 0.29) is 16.8 Å². The van der Waals surface area contributed by atoms with E-state index < -0.39 is 5.82 Å². The second-order valence-electron chi connectivity index (χ2n) is 4.59. The van der Waals surface area contributed by atoms with Crippen LogP contribution in [0.3, 0.4) is 0 Å². The molecule has 0 amide bonds. The molecule has 0 aliphatic carbocycles. The van der Waals surface area contributed by atoms with Crippen LogP contribution in [0.2, 0.25) is 5.02 Å². The molecule has 0 aliphatic rings. The molecule has 0 heterocycles. The Labute approximate surface area is 130 Å². The van der Waals surface area contributed by atoms with Gasteiger partial charge in [0.15, 0.2) is 11.6 Å². The Morgan fingerprint density at radius 3 is 2.75 bits per heavy atom. The summed E-state index contributed by atoms with van der Waals surface area (Å²) in [6, 6.07) is 10.2. The van der Waals surface area contributed by atoms with Crippen molar-refractivity contribution in [1.82, 2.24) is 0 Å². The van der Waals surface area contributed by atoms with Gasteiger partial charge in [-0.25, -0.2) is 4.39 Å². The van der Waals surface area contributed by atoms with Crippen LogP contribution in [0, 0.1) is 5.82 Å². The molecule has 0 spiro atoms. The molecule has 0 saturated heterocycles. The summed E-state index contributed by atoms with van der Waals surface area (Å²) in [5.41, 5.74) is 6.86. The lowest BCUT2D eigenvalue weighted by Gasteiger charge is -2.11. The molecule has 2 rings (SSSR count). The molecule has 20 heavy (non-hydrogen) atoms. The van der Waals surface area contributed by atoms with E-state index >= 15 is 0 Å². The second kappa shape index (κ2) is 6.57. The molecule has 0 fully saturated rings. The number of rotatable bonds is 4. The summed E-state index contributed by atoms with van der Waals surface area (Å²) in [6.45, 7) is 1.94. The highest BCUT2D eigenvalue weighted by Crippen LogP contribution is 2.31. The van der Waals surface area contributed by atoms with Crippen LogP contribution in [0.5, 0.6) is 11.5 Å². The van der Waals surface area contributed by atoms with Gasteiger partial charge < -0.3 is 10.5 Å². The van der Waals surface area contributed by atoms with Crippen molar-refractivity contribution < 1.29 is 9.13 Å². The largest absolute Gasteiger partial charge is 0.454 e. The molecule has 5 heteroatoms. The molecule has 2 nitrogen and oxygen atoms in total. The molecule has 0 aliphatic heterocycles. The molecule has 2 N–H and O–H groups in total. The Kier molecular flexibility index (Phi) is 5.02. The number of benzene rings is 2. The van der Waals surface area contributed by atoms with Gasteiger partial charge in [0, 0.05) is 10.5 Å². The van der Waals surface area contributed by atoms with Crippen molar-refractivity contribution in [1.29, 1.82) is 0 Å². The van der Waals surface area contributed by atoms with Crippen LogP contribution in [-0.2, 0) is 6.42 Å². The Morgan fingerprint density at radius 2 is 2.10 bits per heavy atom. The van der Waals surface area contributed by atoms with Crippen LogP contribution in [-0.4, -0.2) is 6.04 Å². The zero-order valence-corrected chi connectivity index (χ0v) is 13.2. The van der Waals surface area contributed by atoms with E-state index in [4.69, 9.17) is 22.1 Å². The summed E-state index contributed by atoms with van der Waals surface area (Å²) in [4.78, 5) is 0. The first-order chi connectivity index (χ1) is 9.47. The first kappa shape index (κ1) is 15.3. The Hall–Kier alpha value is -1.10. The van der Waals surface area contributed by atoms with Gasteiger partial charge in [-0.1, -0.05) is 39.7 Å². The van der Waals surface area contributed by atoms with Gasteiger partial charge in [0.05, 0.1) is 5.02 Å². The topological polar surface area (TPSA) is 35.2 Å². The summed E-state index contributed by atoms with van der Waals surface area (Å²) in [7, 11) is 0. The predicted octanol–water partition coefficient (Wildman–Crippen LogP) is 4.92. The lowest BCUT2D eigenvalue weighted by molar-refractivity contribution is 0.442. The van der Waals surface area contributed by atoms with Crippen molar-refractivity contribution in [3.05, 3.63) is 57.3 Å². The van der Waals surface area contributed by atoms with E-state index in [1.165, 1.54) is 12.1 Å². The zero-order chi connectivity index (χ0) is 14.7. The summed E-state index contributed by atoms with van der Waals surface area (Å²) in [6.07, 6.45) is 0.756. The highest BCUT2D eigenvalue weighted by Gasteiger charge is 2.10. The molecule has 0 bridgehead atoms. The smallest absolute Gasteiger partial charge is 0.184 e. The van der Waals surface area contributed by atoms with Gasteiger partial charge in [-0.05, 0) is 43.2 Å². The fourth-order valence-corrected chi connectivity index (χ4v) is 2.48. The van der Waals surface area contributed by atoms with Gasteiger partial charge in [0.25, 0.3) is 0 Å². The Bertz CT molecular complexity index is 619. The number of nitrogens with two attached hydrogens (primary N) is 1. The van der Waals surface area contributed by atoms with E-state index in [1.807, 2.05) is 13.0 Å². The second-order valence-corrected chi connectivity index (χ2v) is 5.85. The van der Waals surface area contributed by atoms with Gasteiger partial charge in [0.2, 0.25) is 0 Å². The van der Waals surface area contributed by atoms with Crippen molar-refractivity contribution in [2.75, 3.05) is 0 Å². The SMILES string of the molecule is CC(N)Cc1ccc(Oc2cccc(Cl)c2F)cc1Br. The molecule has 1 unspecified atom stereocenters. The number of hydrogen-bond acceptors (Lipinski definition) is 2. The molecule has 0 saturated carbocycles. The van der Waals surface area contributed by atoms with Crippen molar-refractivity contribution in [2.24, 2.45) is 5.73 Å². The molecule has 2 aromatic carbocycles. The van der Waals surface area contributed by atoms with Crippen molar-refractivity contribution in [3.8, 4) is 11.5 Å². The van der Waals surface area contributed by atoms with E-state index in [9.17, 15) is 4.39 Å². The lowest BCUT2D eigenvalue weighted by atomic mass is 10.1. The highest BCUT2D eigenvalue weighted by molar-refractivity contribution is 9.10. The van der Waals surface area contributed by atoms with Gasteiger partial charge >= 0.3 is 0 Å². The van der Waals surface area contributed by atoms with Gasteiger partial charge in [-0.2, -0.15) is 0 Å². The molecule has 0 aromatic heterocycles. The van der Waals surface area contributed by atoms with Crippen LogP contribution in [0.1, 0.15) is 12.5 Å². The zero-order valence-electron chi connectivity index (χ0n) is 10.9. The van der Waals surface area contributed by atoms with Gasteiger partial charge in [-0.15, -0.1) is 0 Å². The maximum Gasteiger partial charge on any atom is 0.184 e. The molecule has 0 radical (unpaired) electrons. The Morgan fingerprint density at radius 1 is 1.35 bits per heavy atom. The maximum absolute atomic E-state index is 13.8. The molecule has 1 atom stereocenters. The molecule has 2 aromatic rings. The molecular weight excluding hydrogens is 345 g/mol. The first-order valence-electron chi connectivity index (χ1n) is 6.13. The quantitative estimate of drug-likeness (QED) is 0.841. The summed E-state index contributed by atoms with van der Waals surface area (Å²) in [5.74, 6) is 0.0701. The standard InChI is InChI=1S/C15H14BrClFNO/c1-9(19)7-10-5-6-11(8-12(10)16)20-14-4-2-3-13(17)15(14)18/h2-6,8-9H,7,19H2,1H3. The van der Waals surface area contributed by atoms with Crippen LogP contribution < -0.4 is 10.5 Å². The summed E-state index contributed by atoms with van der Waals surface area (Å²) < 4.78 is 20.1. The minimum Gasteiger partial charge on any atom is -0.454 e. The van der Waals surface area contributed by atoms with Crippen LogP contribution >= 0.6 is 27.5 Å². The fourth-order valence-electron chi connectivity index (χ4n) is 1.79. The van der Waals surface area contributed by atoms with E-state index in [0.717, 1.165) is 16.5 Å². The van der Waals surface area contributed by atoms with E-state index in [0.29, 0.717) is 5.75 Å². The average Bonchev–Trinajstić information content (AvgIpc) is 2.38. The van der Waals surface area contributed by atoms with Crippen LogP contribution in [0.4, 0.5) is 4.39 Å². The van der Waals surface area contributed by atoms with Crippen LogP contribution in [0.25, 0.3) is 0 Å². The van der Waals surface area contributed by atoms with E-state index in [2.05, 4.69) is 15.9 Å². The number of halogens is 3. The van der Waals surface area contributed by atoms with Crippen molar-refractivity contribution >= 4 is 27.5 Å². The molecular formula is C15H14BrClFNO. The third kappa shape index (κ3) is 3.72. The highest BCUT2D eigenvalue weighted by atomic mass is 79.9. The Balaban J connectivity index is 2.22. The third-order valence-corrected chi connectivity index (χ3v) is 3.74. The van der Waals surface area contributed by atoms with Crippen molar-refractivity contribution in [3.63, 3.8) is 0 Å².